The molecule has 3 aromatic rings. The number of carbonyl (C=O) groups is 2. The highest BCUT2D eigenvalue weighted by Crippen LogP contribution is 2.21. The number of carbonyl (C=O) groups excluding carboxylic acids is 1. The molecular weight excluding hydrogens is 381 g/mol. The number of hydrogen-bond acceptors (Lipinski definition) is 5. The molecular formula is C19H20FN5O4. The van der Waals surface area contributed by atoms with E-state index in [0.29, 0.717) is 22.8 Å². The van der Waals surface area contributed by atoms with Crippen molar-refractivity contribution >= 4 is 17.6 Å². The average molecular weight is 401 g/mol. The van der Waals surface area contributed by atoms with Gasteiger partial charge in [-0.3, -0.25) is 14.3 Å². The minimum absolute atomic E-state index is 0.0442. The minimum atomic E-state index is -0.974. The number of halogens is 1. The summed E-state index contributed by atoms with van der Waals surface area (Å²) in [5.74, 6) is -1.43. The van der Waals surface area contributed by atoms with Crippen molar-refractivity contribution in [2.75, 3.05) is 5.32 Å². The van der Waals surface area contributed by atoms with Crippen molar-refractivity contribution in [3.05, 3.63) is 59.4 Å². The van der Waals surface area contributed by atoms with Crippen LogP contribution < -0.4 is 10.1 Å². The lowest BCUT2D eigenvalue weighted by Gasteiger charge is -2.10. The largest absolute Gasteiger partial charge is 0.481 e. The molecule has 152 valence electrons. The third-order valence-corrected chi connectivity index (χ3v) is 4.26. The van der Waals surface area contributed by atoms with Crippen LogP contribution in [0.1, 0.15) is 28.3 Å². The number of nitrogens with zero attached hydrogens (tertiary/aromatic N) is 4. The maximum atomic E-state index is 13.3. The van der Waals surface area contributed by atoms with Crippen LogP contribution in [0.3, 0.4) is 0 Å². The lowest BCUT2D eigenvalue weighted by atomic mass is 10.3. The highest BCUT2D eigenvalue weighted by Gasteiger charge is 2.18. The maximum Gasteiger partial charge on any atom is 0.305 e. The van der Waals surface area contributed by atoms with Gasteiger partial charge in [-0.05, 0) is 32.0 Å². The highest BCUT2D eigenvalue weighted by atomic mass is 19.1. The van der Waals surface area contributed by atoms with Gasteiger partial charge >= 0.3 is 5.97 Å². The van der Waals surface area contributed by atoms with E-state index in [1.807, 2.05) is 0 Å². The predicted octanol–water partition coefficient (Wildman–Crippen LogP) is 2.60. The van der Waals surface area contributed by atoms with E-state index in [1.54, 1.807) is 30.7 Å². The van der Waals surface area contributed by atoms with Crippen LogP contribution in [-0.2, 0) is 18.1 Å². The number of aryl methyl sites for hydroxylation is 2. The number of anilines is 1. The number of carboxylic acid groups (broad SMARTS) is 1. The van der Waals surface area contributed by atoms with Crippen molar-refractivity contribution in [3.8, 4) is 5.75 Å². The topological polar surface area (TPSA) is 111 Å². The Bertz CT molecular complexity index is 1040. The van der Waals surface area contributed by atoms with E-state index in [-0.39, 0.29) is 25.4 Å². The van der Waals surface area contributed by atoms with Gasteiger partial charge in [-0.2, -0.15) is 10.2 Å². The van der Waals surface area contributed by atoms with Crippen LogP contribution in [0.25, 0.3) is 0 Å². The fraction of sp³-hybridized carbons (Fsp3) is 0.263. The Kier molecular flexibility index (Phi) is 5.91. The molecule has 2 aromatic heterocycles. The normalized spacial score (nSPS) is 10.7. The molecule has 0 fully saturated rings. The van der Waals surface area contributed by atoms with Gasteiger partial charge in [0.1, 0.15) is 17.3 Å². The number of nitrogens with one attached hydrogen (secondary N) is 1. The zero-order valence-electron chi connectivity index (χ0n) is 15.9. The number of carboxylic acids is 1. The van der Waals surface area contributed by atoms with Crippen molar-refractivity contribution in [1.29, 1.82) is 0 Å². The molecule has 1 amide bonds. The van der Waals surface area contributed by atoms with E-state index in [2.05, 4.69) is 15.5 Å². The van der Waals surface area contributed by atoms with Crippen molar-refractivity contribution in [2.45, 2.75) is 33.5 Å². The van der Waals surface area contributed by atoms with Crippen LogP contribution in [-0.4, -0.2) is 36.5 Å². The quantitative estimate of drug-likeness (QED) is 0.600. The molecule has 0 atom stereocenters. The molecule has 0 saturated carbocycles. The Morgan fingerprint density at radius 2 is 2.03 bits per heavy atom. The van der Waals surface area contributed by atoms with Gasteiger partial charge in [0, 0.05) is 12.3 Å². The first-order valence-corrected chi connectivity index (χ1v) is 8.82. The van der Waals surface area contributed by atoms with Crippen LogP contribution in [0.2, 0.25) is 0 Å². The highest BCUT2D eigenvalue weighted by molar-refractivity contribution is 6.03. The SMILES string of the molecule is Cc1nn(COc2cccc(F)c2)c(C)c1NC(=O)c1ccnn1CCC(=O)O. The van der Waals surface area contributed by atoms with Gasteiger partial charge in [-0.1, -0.05) is 6.07 Å². The second-order valence-electron chi connectivity index (χ2n) is 6.31. The molecule has 0 unspecified atom stereocenters. The van der Waals surface area contributed by atoms with Gasteiger partial charge in [0.15, 0.2) is 6.73 Å². The fourth-order valence-electron chi connectivity index (χ4n) is 2.78. The summed E-state index contributed by atoms with van der Waals surface area (Å²) in [7, 11) is 0. The number of hydrogen-bond donors (Lipinski definition) is 2. The van der Waals surface area contributed by atoms with Crippen LogP contribution in [0.15, 0.2) is 36.5 Å². The molecule has 2 N–H and O–H groups in total. The molecule has 0 spiro atoms. The standard InChI is InChI=1S/C19H20FN5O4/c1-12-18(22-19(28)16-6-8-21-24(16)9-7-17(26)27)13(2)25(23-12)11-29-15-5-3-4-14(20)10-15/h3-6,8,10H,7,9,11H2,1-2H3,(H,22,28)(H,26,27). The molecule has 9 nitrogen and oxygen atoms in total. The van der Waals surface area contributed by atoms with Crippen molar-refractivity contribution in [2.24, 2.45) is 0 Å². The average Bonchev–Trinajstić information content (AvgIpc) is 3.24. The number of amides is 1. The van der Waals surface area contributed by atoms with Crippen LogP contribution in [0.4, 0.5) is 10.1 Å². The third kappa shape index (κ3) is 4.78. The van der Waals surface area contributed by atoms with Gasteiger partial charge in [-0.15, -0.1) is 0 Å². The first-order valence-electron chi connectivity index (χ1n) is 8.82. The zero-order valence-corrected chi connectivity index (χ0v) is 15.9. The Morgan fingerprint density at radius 3 is 2.76 bits per heavy atom. The Morgan fingerprint density at radius 1 is 1.24 bits per heavy atom. The molecule has 2 heterocycles. The van der Waals surface area contributed by atoms with Gasteiger partial charge in [0.2, 0.25) is 0 Å². The first-order chi connectivity index (χ1) is 13.8. The van der Waals surface area contributed by atoms with Crippen LogP contribution >= 0.6 is 0 Å². The summed E-state index contributed by atoms with van der Waals surface area (Å²) in [6, 6.07) is 7.29. The van der Waals surface area contributed by atoms with E-state index in [4.69, 9.17) is 9.84 Å². The second-order valence-corrected chi connectivity index (χ2v) is 6.31. The lowest BCUT2D eigenvalue weighted by molar-refractivity contribution is -0.137. The summed E-state index contributed by atoms with van der Waals surface area (Å²) < 4.78 is 21.7. The minimum Gasteiger partial charge on any atom is -0.481 e. The number of aromatic nitrogens is 4. The molecule has 1 aromatic carbocycles. The lowest BCUT2D eigenvalue weighted by Crippen LogP contribution is -2.19. The van der Waals surface area contributed by atoms with Gasteiger partial charge in [0.05, 0.1) is 30.0 Å². The smallest absolute Gasteiger partial charge is 0.305 e. The zero-order chi connectivity index (χ0) is 21.0. The van der Waals surface area contributed by atoms with Crippen LogP contribution in [0, 0.1) is 19.7 Å². The van der Waals surface area contributed by atoms with Crippen LogP contribution in [0.5, 0.6) is 5.75 Å². The number of ether oxygens (including phenoxy) is 1. The molecule has 3 rings (SSSR count). The molecule has 0 aliphatic heterocycles. The molecule has 10 heteroatoms. The Hall–Kier alpha value is -3.69. The fourth-order valence-corrected chi connectivity index (χ4v) is 2.78. The number of benzene rings is 1. The van der Waals surface area contributed by atoms with Crippen molar-refractivity contribution < 1.29 is 23.8 Å². The first kappa shape index (κ1) is 20.1. The van der Waals surface area contributed by atoms with Gasteiger partial charge in [0.25, 0.3) is 5.91 Å². The summed E-state index contributed by atoms with van der Waals surface area (Å²) >= 11 is 0. The van der Waals surface area contributed by atoms with Gasteiger partial charge in [-0.25, -0.2) is 9.07 Å². The number of aliphatic carboxylic acids is 1. The Labute approximate surface area is 165 Å². The molecule has 0 aliphatic carbocycles. The van der Waals surface area contributed by atoms with E-state index >= 15 is 0 Å². The molecule has 0 aliphatic rings. The van der Waals surface area contributed by atoms with Crippen molar-refractivity contribution in [3.63, 3.8) is 0 Å². The predicted molar refractivity (Wildman–Crippen MR) is 101 cm³/mol. The third-order valence-electron chi connectivity index (χ3n) is 4.26. The summed E-state index contributed by atoms with van der Waals surface area (Å²) in [5, 5.41) is 19.9. The summed E-state index contributed by atoms with van der Waals surface area (Å²) in [5.41, 5.74) is 2.00. The second kappa shape index (κ2) is 8.55. The molecule has 29 heavy (non-hydrogen) atoms. The summed E-state index contributed by atoms with van der Waals surface area (Å²) in [6.07, 6.45) is 1.29. The van der Waals surface area contributed by atoms with E-state index < -0.39 is 17.7 Å². The van der Waals surface area contributed by atoms with E-state index in [9.17, 15) is 14.0 Å². The van der Waals surface area contributed by atoms with E-state index in [1.165, 1.54) is 29.1 Å². The summed E-state index contributed by atoms with van der Waals surface area (Å²) in [4.78, 5) is 23.4. The monoisotopic (exact) mass is 401 g/mol. The maximum absolute atomic E-state index is 13.3. The molecule has 0 radical (unpaired) electrons. The number of rotatable bonds is 8. The summed E-state index contributed by atoms with van der Waals surface area (Å²) in [6.45, 7) is 3.64. The molecule has 0 saturated heterocycles. The molecule has 0 bridgehead atoms. The van der Waals surface area contributed by atoms with E-state index in [0.717, 1.165) is 0 Å². The van der Waals surface area contributed by atoms with Gasteiger partial charge < -0.3 is 15.2 Å². The van der Waals surface area contributed by atoms with Crippen molar-refractivity contribution in [1.82, 2.24) is 19.6 Å². The Balaban J connectivity index is 1.71.